The Balaban J connectivity index is 2.58. The average molecular weight is 287 g/mol. The predicted octanol–water partition coefficient (Wildman–Crippen LogP) is 4.29. The van der Waals surface area contributed by atoms with Gasteiger partial charge in [-0.15, -0.1) is 0 Å². The van der Waals surface area contributed by atoms with E-state index in [2.05, 4.69) is 25.8 Å². The summed E-state index contributed by atoms with van der Waals surface area (Å²) in [6, 6.07) is 7.83. The Hall–Kier alpha value is -2.10. The largest absolute Gasteiger partial charge is 0.475 e. The Bertz CT molecular complexity index is 650. The minimum Gasteiger partial charge on any atom is -0.475 e. The van der Waals surface area contributed by atoms with Crippen molar-refractivity contribution in [2.75, 3.05) is 0 Å². The van der Waals surface area contributed by atoms with Crippen LogP contribution in [0.15, 0.2) is 28.7 Å². The predicted molar refractivity (Wildman–Crippen MR) is 81.6 cm³/mol. The van der Waals surface area contributed by atoms with Crippen molar-refractivity contribution < 1.29 is 14.3 Å². The van der Waals surface area contributed by atoms with Gasteiger partial charge in [0.25, 0.3) is 0 Å². The van der Waals surface area contributed by atoms with E-state index in [-0.39, 0.29) is 11.2 Å². The second-order valence-electron chi connectivity index (χ2n) is 6.15. The van der Waals surface area contributed by atoms with Crippen LogP contribution in [0.25, 0.3) is 11.5 Å². The molecule has 0 aliphatic carbocycles. The second-order valence-corrected chi connectivity index (χ2v) is 6.15. The van der Waals surface area contributed by atoms with E-state index in [4.69, 9.17) is 4.42 Å². The summed E-state index contributed by atoms with van der Waals surface area (Å²) in [6.45, 7) is 8.32. The molecule has 0 atom stereocenters. The summed E-state index contributed by atoms with van der Waals surface area (Å²) < 4.78 is 5.54. The molecule has 0 fully saturated rings. The van der Waals surface area contributed by atoms with Crippen LogP contribution in [0.3, 0.4) is 0 Å². The van der Waals surface area contributed by atoms with E-state index in [1.165, 1.54) is 0 Å². The minimum absolute atomic E-state index is 0.0458. The highest BCUT2D eigenvalue weighted by atomic mass is 16.4. The Labute approximate surface area is 124 Å². The van der Waals surface area contributed by atoms with Crippen molar-refractivity contribution in [2.24, 2.45) is 0 Å². The van der Waals surface area contributed by atoms with Crippen LogP contribution < -0.4 is 0 Å². The molecule has 0 amide bonds. The first-order valence-electron chi connectivity index (χ1n) is 7.17. The van der Waals surface area contributed by atoms with E-state index in [0.29, 0.717) is 18.0 Å². The van der Waals surface area contributed by atoms with Crippen molar-refractivity contribution >= 4 is 5.97 Å². The number of aromatic carboxylic acids is 1. The van der Waals surface area contributed by atoms with Gasteiger partial charge in [-0.3, -0.25) is 0 Å². The smallest absolute Gasteiger partial charge is 0.373 e. The number of benzene rings is 1. The quantitative estimate of drug-likeness (QED) is 0.911. The number of carbonyl (C=O) groups is 1. The molecule has 0 radical (unpaired) electrons. The lowest BCUT2D eigenvalue weighted by Crippen LogP contribution is -2.12. The molecule has 1 aromatic carbocycles. The van der Waals surface area contributed by atoms with Crippen molar-refractivity contribution in [3.05, 3.63) is 41.3 Å². The Morgan fingerprint density at radius 3 is 2.52 bits per heavy atom. The normalized spacial score (nSPS) is 11.6. The maximum Gasteiger partial charge on any atom is 0.373 e. The Kier molecular flexibility index (Phi) is 4.16. The third kappa shape index (κ3) is 3.15. The molecule has 0 saturated heterocycles. The molecule has 0 aliphatic rings. The first-order chi connectivity index (χ1) is 9.84. The minimum atomic E-state index is -1.06. The van der Waals surface area contributed by atoms with Crippen LogP contribution in [0, 0.1) is 0 Å². The van der Waals surface area contributed by atoms with Crippen molar-refractivity contribution in [3.63, 3.8) is 0 Å². The standard InChI is InChI=1S/C17H21NO3/c1-5-8-13-14(16(19)20)21-15(18-13)11-9-6-7-10-12(11)17(2,3)4/h6-7,9-10H,5,8H2,1-4H3,(H,19,20). The molecular weight excluding hydrogens is 266 g/mol. The van der Waals surface area contributed by atoms with Crippen molar-refractivity contribution in [1.82, 2.24) is 4.98 Å². The molecule has 1 heterocycles. The molecule has 112 valence electrons. The highest BCUT2D eigenvalue weighted by Gasteiger charge is 2.24. The number of carboxylic acid groups (broad SMARTS) is 1. The molecule has 1 aromatic heterocycles. The third-order valence-corrected chi connectivity index (χ3v) is 3.34. The molecule has 0 aliphatic heterocycles. The van der Waals surface area contributed by atoms with Gasteiger partial charge in [0.15, 0.2) is 0 Å². The van der Waals surface area contributed by atoms with Gasteiger partial charge in [-0.05, 0) is 23.5 Å². The summed E-state index contributed by atoms with van der Waals surface area (Å²) in [7, 11) is 0. The first-order valence-corrected chi connectivity index (χ1v) is 7.17. The van der Waals surface area contributed by atoms with Crippen LogP contribution in [0.4, 0.5) is 0 Å². The summed E-state index contributed by atoms with van der Waals surface area (Å²) >= 11 is 0. The molecule has 0 unspecified atom stereocenters. The van der Waals surface area contributed by atoms with Crippen molar-refractivity contribution in [2.45, 2.75) is 46.0 Å². The fourth-order valence-electron chi connectivity index (χ4n) is 2.36. The fourth-order valence-corrected chi connectivity index (χ4v) is 2.36. The van der Waals surface area contributed by atoms with Gasteiger partial charge >= 0.3 is 5.97 Å². The average Bonchev–Trinajstić information content (AvgIpc) is 2.82. The Morgan fingerprint density at radius 1 is 1.29 bits per heavy atom. The molecule has 0 bridgehead atoms. The number of hydrogen-bond donors (Lipinski definition) is 1. The van der Waals surface area contributed by atoms with Crippen LogP contribution in [-0.4, -0.2) is 16.1 Å². The number of oxazole rings is 1. The summed E-state index contributed by atoms with van der Waals surface area (Å²) in [5.74, 6) is -0.720. The lowest BCUT2D eigenvalue weighted by atomic mass is 9.84. The maximum absolute atomic E-state index is 11.3. The highest BCUT2D eigenvalue weighted by Crippen LogP contribution is 2.33. The summed E-state index contributed by atoms with van der Waals surface area (Å²) in [5, 5.41) is 9.25. The van der Waals surface area contributed by atoms with E-state index >= 15 is 0 Å². The van der Waals surface area contributed by atoms with Gasteiger partial charge in [-0.1, -0.05) is 52.3 Å². The molecule has 4 nitrogen and oxygen atoms in total. The zero-order valence-electron chi connectivity index (χ0n) is 12.9. The number of aryl methyl sites for hydroxylation is 1. The lowest BCUT2D eigenvalue weighted by molar-refractivity contribution is 0.0661. The molecule has 21 heavy (non-hydrogen) atoms. The number of carboxylic acids is 1. The monoisotopic (exact) mass is 287 g/mol. The van der Waals surface area contributed by atoms with Gasteiger partial charge in [0.1, 0.15) is 0 Å². The molecule has 0 saturated carbocycles. The Morgan fingerprint density at radius 2 is 1.95 bits per heavy atom. The van der Waals surface area contributed by atoms with Crippen LogP contribution in [0.5, 0.6) is 0 Å². The van der Waals surface area contributed by atoms with Gasteiger partial charge in [0.05, 0.1) is 5.69 Å². The van der Waals surface area contributed by atoms with Gasteiger partial charge in [0, 0.05) is 5.56 Å². The van der Waals surface area contributed by atoms with Crippen molar-refractivity contribution in [1.29, 1.82) is 0 Å². The summed E-state index contributed by atoms with van der Waals surface area (Å²) in [6.07, 6.45) is 1.43. The van der Waals surface area contributed by atoms with E-state index in [0.717, 1.165) is 17.5 Å². The molecule has 2 rings (SSSR count). The second kappa shape index (κ2) is 5.72. The van der Waals surface area contributed by atoms with E-state index in [1.54, 1.807) is 0 Å². The molecule has 4 heteroatoms. The van der Waals surface area contributed by atoms with Gasteiger partial charge in [-0.25, -0.2) is 9.78 Å². The van der Waals surface area contributed by atoms with Crippen molar-refractivity contribution in [3.8, 4) is 11.5 Å². The zero-order chi connectivity index (χ0) is 15.6. The van der Waals surface area contributed by atoms with E-state index in [1.807, 2.05) is 31.2 Å². The molecule has 2 aromatic rings. The van der Waals surface area contributed by atoms with E-state index < -0.39 is 5.97 Å². The van der Waals surface area contributed by atoms with Gasteiger partial charge < -0.3 is 9.52 Å². The van der Waals surface area contributed by atoms with Crippen LogP contribution in [-0.2, 0) is 11.8 Å². The number of aromatic nitrogens is 1. The topological polar surface area (TPSA) is 63.3 Å². The molecule has 1 N–H and O–H groups in total. The molecule has 0 spiro atoms. The maximum atomic E-state index is 11.3. The van der Waals surface area contributed by atoms with Crippen LogP contribution in [0.2, 0.25) is 0 Å². The third-order valence-electron chi connectivity index (χ3n) is 3.34. The number of rotatable bonds is 4. The molecular formula is C17H21NO3. The van der Waals surface area contributed by atoms with E-state index in [9.17, 15) is 9.90 Å². The van der Waals surface area contributed by atoms with Gasteiger partial charge in [-0.2, -0.15) is 0 Å². The summed E-state index contributed by atoms with van der Waals surface area (Å²) in [4.78, 5) is 15.7. The zero-order valence-corrected chi connectivity index (χ0v) is 12.9. The SMILES string of the molecule is CCCc1nc(-c2ccccc2C(C)(C)C)oc1C(=O)O. The number of nitrogens with zero attached hydrogens (tertiary/aromatic N) is 1. The van der Waals surface area contributed by atoms with Crippen LogP contribution in [0.1, 0.15) is 55.9 Å². The van der Waals surface area contributed by atoms with Crippen LogP contribution >= 0.6 is 0 Å². The number of hydrogen-bond acceptors (Lipinski definition) is 3. The highest BCUT2D eigenvalue weighted by molar-refractivity contribution is 5.86. The van der Waals surface area contributed by atoms with Gasteiger partial charge in [0.2, 0.25) is 11.7 Å². The fraction of sp³-hybridized carbons (Fsp3) is 0.412. The summed E-state index contributed by atoms with van der Waals surface area (Å²) in [5.41, 5.74) is 2.39. The lowest BCUT2D eigenvalue weighted by Gasteiger charge is -2.21. The first kappa shape index (κ1) is 15.3.